The first-order valence-corrected chi connectivity index (χ1v) is 7.57. The Morgan fingerprint density at radius 2 is 2.05 bits per heavy atom. The molecule has 0 fully saturated rings. The standard InChI is InChI=1S/C16H20N4O2/c1-3-11-5-7-13(8-6-11)22-10-12-9-15(21)20-16(17-12)18-14(4-2)19-20/h5-9,14,19H,3-4,10H2,1-2H3,(H,17,18). The molecule has 1 unspecified atom stereocenters. The average molecular weight is 300 g/mol. The predicted octanol–water partition coefficient (Wildman–Crippen LogP) is 2.09. The highest BCUT2D eigenvalue weighted by atomic mass is 16.5. The van der Waals surface area contributed by atoms with Gasteiger partial charge in [-0.05, 0) is 30.5 Å². The zero-order chi connectivity index (χ0) is 15.5. The third kappa shape index (κ3) is 2.90. The molecule has 2 aromatic rings. The molecule has 3 rings (SSSR count). The Hall–Kier alpha value is -2.50. The van der Waals surface area contributed by atoms with Crippen LogP contribution in [0, 0.1) is 0 Å². The minimum absolute atomic E-state index is 0.0398. The van der Waals surface area contributed by atoms with Gasteiger partial charge in [0.2, 0.25) is 5.95 Å². The lowest BCUT2D eigenvalue weighted by Crippen LogP contribution is -2.30. The molecule has 1 aromatic heterocycles. The first-order valence-electron chi connectivity index (χ1n) is 7.57. The van der Waals surface area contributed by atoms with Crippen molar-refractivity contribution in [1.29, 1.82) is 0 Å². The largest absolute Gasteiger partial charge is 0.487 e. The summed E-state index contributed by atoms with van der Waals surface area (Å²) in [6.45, 7) is 4.42. The lowest BCUT2D eigenvalue weighted by atomic mass is 10.2. The summed E-state index contributed by atoms with van der Waals surface area (Å²) < 4.78 is 7.14. The summed E-state index contributed by atoms with van der Waals surface area (Å²) in [4.78, 5) is 16.5. The molecule has 22 heavy (non-hydrogen) atoms. The number of nitrogens with one attached hydrogen (secondary N) is 2. The highest BCUT2D eigenvalue weighted by Crippen LogP contribution is 2.15. The molecule has 0 spiro atoms. The second kappa shape index (κ2) is 6.09. The van der Waals surface area contributed by atoms with Crippen LogP contribution < -0.4 is 21.0 Å². The maximum absolute atomic E-state index is 12.1. The van der Waals surface area contributed by atoms with Crippen LogP contribution in [0.25, 0.3) is 0 Å². The number of nitrogens with zero attached hydrogens (tertiary/aromatic N) is 2. The van der Waals surface area contributed by atoms with E-state index in [1.165, 1.54) is 16.3 Å². The molecule has 0 saturated carbocycles. The Morgan fingerprint density at radius 1 is 1.27 bits per heavy atom. The zero-order valence-electron chi connectivity index (χ0n) is 12.8. The van der Waals surface area contributed by atoms with Crippen molar-refractivity contribution in [2.45, 2.75) is 39.5 Å². The molecule has 1 atom stereocenters. The van der Waals surface area contributed by atoms with Crippen molar-refractivity contribution in [3.63, 3.8) is 0 Å². The first-order chi connectivity index (χ1) is 10.7. The quantitative estimate of drug-likeness (QED) is 0.885. The van der Waals surface area contributed by atoms with Gasteiger partial charge in [0.15, 0.2) is 0 Å². The maximum Gasteiger partial charge on any atom is 0.273 e. The molecule has 1 aromatic carbocycles. The van der Waals surface area contributed by atoms with Crippen LogP contribution in [-0.4, -0.2) is 15.8 Å². The van der Waals surface area contributed by atoms with Gasteiger partial charge >= 0.3 is 0 Å². The number of benzene rings is 1. The van der Waals surface area contributed by atoms with E-state index >= 15 is 0 Å². The predicted molar refractivity (Wildman–Crippen MR) is 85.7 cm³/mol. The summed E-state index contributed by atoms with van der Waals surface area (Å²) >= 11 is 0. The molecular formula is C16H20N4O2. The molecule has 0 radical (unpaired) electrons. The summed E-state index contributed by atoms with van der Waals surface area (Å²) in [7, 11) is 0. The Kier molecular flexibility index (Phi) is 4.00. The third-order valence-corrected chi connectivity index (χ3v) is 3.69. The van der Waals surface area contributed by atoms with Gasteiger partial charge in [0.05, 0.1) is 5.69 Å². The summed E-state index contributed by atoms with van der Waals surface area (Å²) in [5.74, 6) is 1.32. The number of rotatable bonds is 5. The van der Waals surface area contributed by atoms with E-state index in [0.29, 0.717) is 11.6 Å². The van der Waals surface area contributed by atoms with Crippen LogP contribution in [0.1, 0.15) is 31.5 Å². The molecule has 0 amide bonds. The Morgan fingerprint density at radius 3 is 2.73 bits per heavy atom. The minimum atomic E-state index is -0.131. The van der Waals surface area contributed by atoms with Gasteiger partial charge in [0, 0.05) is 6.07 Å². The van der Waals surface area contributed by atoms with Crippen molar-refractivity contribution in [1.82, 2.24) is 9.66 Å². The molecular weight excluding hydrogens is 280 g/mol. The number of hydrogen-bond acceptors (Lipinski definition) is 5. The summed E-state index contributed by atoms with van der Waals surface area (Å²) in [5, 5.41) is 3.16. The van der Waals surface area contributed by atoms with Gasteiger partial charge in [-0.2, -0.15) is 4.68 Å². The number of aromatic nitrogens is 2. The van der Waals surface area contributed by atoms with Gasteiger partial charge < -0.3 is 10.1 Å². The van der Waals surface area contributed by atoms with Crippen molar-refractivity contribution in [3.05, 3.63) is 51.9 Å². The lowest BCUT2D eigenvalue weighted by Gasteiger charge is -2.08. The van der Waals surface area contributed by atoms with Gasteiger partial charge in [0.25, 0.3) is 5.56 Å². The van der Waals surface area contributed by atoms with Gasteiger partial charge in [-0.1, -0.05) is 26.0 Å². The highest BCUT2D eigenvalue weighted by Gasteiger charge is 2.20. The second-order valence-corrected chi connectivity index (χ2v) is 5.27. The Labute approximate surface area is 129 Å². The Bertz CT molecular complexity index is 709. The summed E-state index contributed by atoms with van der Waals surface area (Å²) in [5.41, 5.74) is 4.80. The van der Waals surface area contributed by atoms with E-state index in [0.717, 1.165) is 18.6 Å². The van der Waals surface area contributed by atoms with Crippen molar-refractivity contribution < 1.29 is 4.74 Å². The molecule has 0 saturated heterocycles. The second-order valence-electron chi connectivity index (χ2n) is 5.27. The van der Waals surface area contributed by atoms with E-state index in [1.807, 2.05) is 31.2 Å². The number of ether oxygens (including phenoxy) is 1. The summed E-state index contributed by atoms with van der Waals surface area (Å²) in [6.07, 6.45) is 1.90. The average Bonchev–Trinajstić information content (AvgIpc) is 2.97. The van der Waals surface area contributed by atoms with Gasteiger partial charge in [-0.25, -0.2) is 4.98 Å². The summed E-state index contributed by atoms with van der Waals surface area (Å²) in [6, 6.07) is 9.45. The first kappa shape index (κ1) is 14.4. The molecule has 2 N–H and O–H groups in total. The van der Waals surface area contributed by atoms with Crippen molar-refractivity contribution >= 4 is 5.95 Å². The van der Waals surface area contributed by atoms with E-state index in [-0.39, 0.29) is 18.3 Å². The van der Waals surface area contributed by atoms with Crippen LogP contribution in [-0.2, 0) is 13.0 Å². The number of aryl methyl sites for hydroxylation is 1. The van der Waals surface area contributed by atoms with E-state index in [2.05, 4.69) is 22.7 Å². The van der Waals surface area contributed by atoms with E-state index in [1.54, 1.807) is 0 Å². The van der Waals surface area contributed by atoms with Crippen LogP contribution >= 0.6 is 0 Å². The zero-order valence-corrected chi connectivity index (χ0v) is 12.8. The normalized spacial score (nSPS) is 15.8. The molecule has 1 aliphatic rings. The number of fused-ring (bicyclic) bond motifs is 1. The molecule has 6 heteroatoms. The maximum atomic E-state index is 12.1. The highest BCUT2D eigenvalue weighted by molar-refractivity contribution is 5.36. The van der Waals surface area contributed by atoms with Crippen LogP contribution in [0.2, 0.25) is 0 Å². The van der Waals surface area contributed by atoms with Crippen LogP contribution in [0.5, 0.6) is 5.75 Å². The molecule has 1 aliphatic heterocycles. The smallest absolute Gasteiger partial charge is 0.273 e. The molecule has 6 nitrogen and oxygen atoms in total. The minimum Gasteiger partial charge on any atom is -0.487 e. The van der Waals surface area contributed by atoms with Crippen molar-refractivity contribution in [2.75, 3.05) is 10.7 Å². The molecule has 0 bridgehead atoms. The van der Waals surface area contributed by atoms with E-state index in [9.17, 15) is 4.79 Å². The lowest BCUT2D eigenvalue weighted by molar-refractivity contribution is 0.301. The molecule has 0 aliphatic carbocycles. The van der Waals surface area contributed by atoms with Crippen molar-refractivity contribution in [3.8, 4) is 5.75 Å². The van der Waals surface area contributed by atoms with Crippen LogP contribution in [0.15, 0.2) is 35.1 Å². The SMILES string of the molecule is CCc1ccc(OCc2cc(=O)n3c(n2)NC(CC)N3)cc1. The molecule has 116 valence electrons. The number of hydrogen-bond donors (Lipinski definition) is 2. The fraction of sp³-hybridized carbons (Fsp3) is 0.375. The van der Waals surface area contributed by atoms with Crippen LogP contribution in [0.4, 0.5) is 5.95 Å². The fourth-order valence-electron chi connectivity index (χ4n) is 2.34. The third-order valence-electron chi connectivity index (χ3n) is 3.69. The van der Waals surface area contributed by atoms with E-state index in [4.69, 9.17) is 4.74 Å². The van der Waals surface area contributed by atoms with Gasteiger partial charge in [-0.15, -0.1) is 0 Å². The number of anilines is 1. The monoisotopic (exact) mass is 300 g/mol. The van der Waals surface area contributed by atoms with Gasteiger partial charge in [-0.3, -0.25) is 10.2 Å². The topological polar surface area (TPSA) is 68.2 Å². The van der Waals surface area contributed by atoms with Gasteiger partial charge in [0.1, 0.15) is 18.5 Å². The Balaban J connectivity index is 1.71. The molecule has 2 heterocycles. The van der Waals surface area contributed by atoms with Crippen LogP contribution in [0.3, 0.4) is 0 Å². The fourth-order valence-corrected chi connectivity index (χ4v) is 2.34. The van der Waals surface area contributed by atoms with E-state index < -0.39 is 0 Å². The van der Waals surface area contributed by atoms with Crippen molar-refractivity contribution in [2.24, 2.45) is 0 Å².